The second-order valence-corrected chi connectivity index (χ2v) is 2.99. The van der Waals surface area contributed by atoms with Crippen LogP contribution in [0.1, 0.15) is 59.8 Å². The predicted molar refractivity (Wildman–Crippen MR) is 61.1 cm³/mol. The van der Waals surface area contributed by atoms with Gasteiger partial charge < -0.3 is 10.2 Å². The van der Waals surface area contributed by atoms with Crippen LogP contribution >= 0.6 is 0 Å². The monoisotopic (exact) mass is 220 g/mol. The standard InChI is InChI=1S/2C4H8O2.C3H8/c2*1-2-3-4(5)6;1-3-2/h2*2-3H2,1H3,(H,5,6);3H2,1-2H3. The normalized spacial score (nSPS) is 7.73. The van der Waals surface area contributed by atoms with Gasteiger partial charge in [0, 0.05) is 12.8 Å². The van der Waals surface area contributed by atoms with E-state index in [1.165, 1.54) is 6.42 Å². The predicted octanol–water partition coefficient (Wildman–Crippen LogP) is 3.16. The van der Waals surface area contributed by atoms with Crippen LogP contribution < -0.4 is 0 Å². The van der Waals surface area contributed by atoms with Gasteiger partial charge in [0.2, 0.25) is 0 Å². The van der Waals surface area contributed by atoms with Crippen molar-refractivity contribution in [1.29, 1.82) is 0 Å². The van der Waals surface area contributed by atoms with Crippen LogP contribution in [-0.4, -0.2) is 22.2 Å². The smallest absolute Gasteiger partial charge is 0.303 e. The molecule has 0 unspecified atom stereocenters. The van der Waals surface area contributed by atoms with Gasteiger partial charge in [-0.1, -0.05) is 34.1 Å². The fraction of sp³-hybridized carbons (Fsp3) is 0.818. The maximum Gasteiger partial charge on any atom is 0.303 e. The van der Waals surface area contributed by atoms with Crippen LogP contribution in [-0.2, 0) is 9.59 Å². The van der Waals surface area contributed by atoms with Crippen molar-refractivity contribution in [3.63, 3.8) is 0 Å². The molecule has 0 aliphatic heterocycles. The second kappa shape index (κ2) is 18.7. The number of rotatable bonds is 4. The molecule has 0 aromatic heterocycles. The zero-order valence-corrected chi connectivity index (χ0v) is 10.2. The molecule has 0 spiro atoms. The highest BCUT2D eigenvalue weighted by atomic mass is 16.4. The molecule has 4 nitrogen and oxygen atoms in total. The van der Waals surface area contributed by atoms with Crippen LogP contribution in [0.2, 0.25) is 0 Å². The fourth-order valence-corrected chi connectivity index (χ4v) is 0.428. The summed E-state index contributed by atoms with van der Waals surface area (Å²) in [6.07, 6.45) is 3.30. The minimum atomic E-state index is -0.711. The first-order valence-corrected chi connectivity index (χ1v) is 5.39. The van der Waals surface area contributed by atoms with Gasteiger partial charge >= 0.3 is 11.9 Å². The number of carboxylic acid groups (broad SMARTS) is 2. The molecule has 0 radical (unpaired) electrons. The zero-order valence-electron chi connectivity index (χ0n) is 10.2. The van der Waals surface area contributed by atoms with E-state index in [4.69, 9.17) is 10.2 Å². The zero-order chi connectivity index (χ0) is 12.7. The van der Waals surface area contributed by atoms with Gasteiger partial charge in [-0.25, -0.2) is 0 Å². The van der Waals surface area contributed by atoms with E-state index < -0.39 is 11.9 Å². The Balaban J connectivity index is -0.000000153. The quantitative estimate of drug-likeness (QED) is 0.763. The Kier molecular flexibility index (Phi) is 24.3. The Bertz CT molecular complexity index is 128. The van der Waals surface area contributed by atoms with E-state index in [2.05, 4.69) is 13.8 Å². The number of carboxylic acids is 2. The van der Waals surface area contributed by atoms with Crippen molar-refractivity contribution in [2.24, 2.45) is 0 Å². The van der Waals surface area contributed by atoms with Crippen molar-refractivity contribution in [3.05, 3.63) is 0 Å². The highest BCUT2D eigenvalue weighted by molar-refractivity contribution is 5.66. The minimum absolute atomic E-state index is 0.292. The highest BCUT2D eigenvalue weighted by Crippen LogP contribution is 1.82. The third kappa shape index (κ3) is 63.5. The largest absolute Gasteiger partial charge is 0.481 e. The van der Waals surface area contributed by atoms with Crippen LogP contribution in [0.15, 0.2) is 0 Å². The molecule has 0 fully saturated rings. The minimum Gasteiger partial charge on any atom is -0.481 e. The molecule has 0 rings (SSSR count). The molecule has 0 heterocycles. The van der Waals surface area contributed by atoms with Gasteiger partial charge in [-0.15, -0.1) is 0 Å². The first-order valence-electron chi connectivity index (χ1n) is 5.39. The van der Waals surface area contributed by atoms with Gasteiger partial charge in [-0.3, -0.25) is 9.59 Å². The lowest BCUT2D eigenvalue weighted by atomic mass is 10.4. The van der Waals surface area contributed by atoms with Gasteiger partial charge in [-0.05, 0) is 12.8 Å². The van der Waals surface area contributed by atoms with Crippen molar-refractivity contribution in [2.75, 3.05) is 0 Å². The van der Waals surface area contributed by atoms with Gasteiger partial charge in [0.05, 0.1) is 0 Å². The average molecular weight is 220 g/mol. The molecule has 0 atom stereocenters. The molecule has 0 saturated heterocycles. The molecule has 0 aromatic rings. The van der Waals surface area contributed by atoms with E-state index in [-0.39, 0.29) is 0 Å². The first kappa shape index (κ1) is 19.5. The summed E-state index contributed by atoms with van der Waals surface area (Å²) >= 11 is 0. The van der Waals surface area contributed by atoms with E-state index in [0.717, 1.165) is 12.8 Å². The Morgan fingerprint density at radius 3 is 1.00 bits per heavy atom. The lowest BCUT2D eigenvalue weighted by Gasteiger charge is -1.79. The lowest BCUT2D eigenvalue weighted by Crippen LogP contribution is -1.90. The number of hydrogen-bond donors (Lipinski definition) is 2. The van der Waals surface area contributed by atoms with Crippen molar-refractivity contribution >= 4 is 11.9 Å². The molecule has 0 bridgehead atoms. The SMILES string of the molecule is CCC.CCCC(=O)O.CCCC(=O)O. The average Bonchev–Trinajstić information content (AvgIpc) is 2.05. The number of aliphatic carboxylic acids is 2. The van der Waals surface area contributed by atoms with Crippen molar-refractivity contribution in [2.45, 2.75) is 59.8 Å². The van der Waals surface area contributed by atoms with Gasteiger partial charge in [0.15, 0.2) is 0 Å². The van der Waals surface area contributed by atoms with Gasteiger partial charge in [0.25, 0.3) is 0 Å². The van der Waals surface area contributed by atoms with Crippen LogP contribution in [0.4, 0.5) is 0 Å². The van der Waals surface area contributed by atoms with E-state index in [1.54, 1.807) is 0 Å². The van der Waals surface area contributed by atoms with Crippen LogP contribution in [0.5, 0.6) is 0 Å². The molecule has 4 heteroatoms. The number of hydrogen-bond acceptors (Lipinski definition) is 2. The summed E-state index contributed by atoms with van der Waals surface area (Å²) in [5, 5.41) is 15.8. The number of carbonyl (C=O) groups is 2. The van der Waals surface area contributed by atoms with Crippen LogP contribution in [0, 0.1) is 0 Å². The molecule has 15 heavy (non-hydrogen) atoms. The summed E-state index contributed by atoms with van der Waals surface area (Å²) in [7, 11) is 0. The molecule has 92 valence electrons. The van der Waals surface area contributed by atoms with Crippen LogP contribution in [0.3, 0.4) is 0 Å². The molecular formula is C11H24O4. The Morgan fingerprint density at radius 1 is 0.800 bits per heavy atom. The van der Waals surface area contributed by atoms with Crippen LogP contribution in [0.25, 0.3) is 0 Å². The summed E-state index contributed by atoms with van der Waals surface area (Å²) in [6, 6.07) is 0. The first-order chi connectivity index (χ1) is 6.95. The van der Waals surface area contributed by atoms with Gasteiger partial charge in [-0.2, -0.15) is 0 Å². The Hall–Kier alpha value is -1.06. The topological polar surface area (TPSA) is 74.6 Å². The Labute approximate surface area is 92.3 Å². The van der Waals surface area contributed by atoms with E-state index in [1.807, 2.05) is 13.8 Å². The summed E-state index contributed by atoms with van der Waals surface area (Å²) < 4.78 is 0. The summed E-state index contributed by atoms with van der Waals surface area (Å²) in [4.78, 5) is 19.2. The molecule has 0 aliphatic rings. The summed E-state index contributed by atoms with van der Waals surface area (Å²) in [5.74, 6) is -1.42. The fourth-order valence-electron chi connectivity index (χ4n) is 0.428. The van der Waals surface area contributed by atoms with E-state index in [0.29, 0.717) is 12.8 Å². The van der Waals surface area contributed by atoms with Gasteiger partial charge in [0.1, 0.15) is 0 Å². The van der Waals surface area contributed by atoms with Crippen molar-refractivity contribution in [3.8, 4) is 0 Å². The summed E-state index contributed by atoms with van der Waals surface area (Å²) in [6.45, 7) is 7.93. The molecule has 0 amide bonds. The third-order valence-electron chi connectivity index (χ3n) is 0.928. The van der Waals surface area contributed by atoms with E-state index >= 15 is 0 Å². The molecule has 0 aliphatic carbocycles. The van der Waals surface area contributed by atoms with Crippen molar-refractivity contribution in [1.82, 2.24) is 0 Å². The lowest BCUT2D eigenvalue weighted by molar-refractivity contribution is -0.138. The highest BCUT2D eigenvalue weighted by Gasteiger charge is 1.88. The maximum atomic E-state index is 9.60. The third-order valence-corrected chi connectivity index (χ3v) is 0.928. The van der Waals surface area contributed by atoms with E-state index in [9.17, 15) is 9.59 Å². The van der Waals surface area contributed by atoms with Crippen molar-refractivity contribution < 1.29 is 19.8 Å². The second-order valence-electron chi connectivity index (χ2n) is 2.99. The summed E-state index contributed by atoms with van der Waals surface area (Å²) in [5.41, 5.74) is 0. The Morgan fingerprint density at radius 2 is 1.00 bits per heavy atom. The molecule has 0 aromatic carbocycles. The molecule has 2 N–H and O–H groups in total. The molecule has 0 saturated carbocycles. The maximum absolute atomic E-state index is 9.60. The molecular weight excluding hydrogens is 196 g/mol.